The van der Waals surface area contributed by atoms with Crippen LogP contribution in [-0.4, -0.2) is 66.1 Å². The molecule has 3 fully saturated rings. The molecule has 1 unspecified atom stereocenters. The molecule has 2 atom stereocenters. The predicted octanol–water partition coefficient (Wildman–Crippen LogP) is 5.36. The highest BCUT2D eigenvalue weighted by Crippen LogP contribution is 2.29. The van der Waals surface area contributed by atoms with E-state index in [9.17, 15) is 14.0 Å². The van der Waals surface area contributed by atoms with Crippen LogP contribution in [0.15, 0.2) is 24.2 Å². The standard InChI is InChI=1S/C29H43FN4O5/c1-29(2,3)38-28(36)34(23-14-15-33(20-23)19-21-9-5-4-6-10-21)25-13-12-22(18-31-25)17-24(30)27(35)32-39-26-11-7-8-16-37-26/h12-13,17-18,21,23,26H,4-11,14-16,19-20H2,1-3H3,(H,32,35)/t23-,26?/m1/s1. The molecule has 2 amide bonds. The monoisotopic (exact) mass is 546 g/mol. The Hall–Kier alpha value is -2.56. The molecule has 2 aliphatic heterocycles. The Balaban J connectivity index is 1.40. The van der Waals surface area contributed by atoms with E-state index in [4.69, 9.17) is 14.3 Å². The number of hydrogen-bond donors (Lipinski definition) is 1. The second kappa shape index (κ2) is 13.7. The fraction of sp³-hybridized carbons (Fsp3) is 0.690. The number of carbonyl (C=O) groups is 2. The summed E-state index contributed by atoms with van der Waals surface area (Å²) in [5.74, 6) is -0.843. The highest BCUT2D eigenvalue weighted by molar-refractivity contribution is 5.95. The van der Waals surface area contributed by atoms with Gasteiger partial charge in [0.2, 0.25) is 0 Å². The van der Waals surface area contributed by atoms with E-state index in [0.29, 0.717) is 24.4 Å². The molecule has 1 aromatic rings. The summed E-state index contributed by atoms with van der Waals surface area (Å²) >= 11 is 0. The lowest BCUT2D eigenvalue weighted by atomic mass is 9.89. The zero-order valence-corrected chi connectivity index (χ0v) is 23.5. The number of carbonyl (C=O) groups excluding carboxylic acids is 2. The van der Waals surface area contributed by atoms with E-state index in [0.717, 1.165) is 50.9 Å². The minimum Gasteiger partial charge on any atom is -0.443 e. The molecule has 0 bridgehead atoms. The fourth-order valence-corrected chi connectivity index (χ4v) is 5.47. The maximum absolute atomic E-state index is 14.5. The van der Waals surface area contributed by atoms with Crippen molar-refractivity contribution < 1.29 is 28.3 Å². The van der Waals surface area contributed by atoms with Gasteiger partial charge in [-0.1, -0.05) is 19.3 Å². The van der Waals surface area contributed by atoms with Gasteiger partial charge in [-0.15, -0.1) is 0 Å². The van der Waals surface area contributed by atoms with E-state index in [2.05, 4.69) is 15.4 Å². The number of rotatable bonds is 8. The summed E-state index contributed by atoms with van der Waals surface area (Å²) in [6.45, 7) is 8.82. The molecular formula is C29H43FN4O5. The lowest BCUT2D eigenvalue weighted by Crippen LogP contribution is -2.45. The summed E-state index contributed by atoms with van der Waals surface area (Å²) in [4.78, 5) is 39.1. The number of aromatic nitrogens is 1. The molecule has 0 spiro atoms. The van der Waals surface area contributed by atoms with Gasteiger partial charge in [-0.3, -0.25) is 9.69 Å². The minimum atomic E-state index is -1.02. The first kappa shape index (κ1) is 29.4. The van der Waals surface area contributed by atoms with Crippen molar-refractivity contribution in [3.8, 4) is 0 Å². The number of hydrogen-bond acceptors (Lipinski definition) is 7. The van der Waals surface area contributed by atoms with Crippen molar-refractivity contribution in [2.75, 3.05) is 31.1 Å². The molecule has 39 heavy (non-hydrogen) atoms. The number of nitrogens with zero attached hydrogens (tertiary/aromatic N) is 3. The lowest BCUT2D eigenvalue weighted by Gasteiger charge is -2.31. The molecule has 0 aromatic carbocycles. The molecule has 1 aliphatic carbocycles. The number of likely N-dealkylation sites (tertiary alicyclic amines) is 1. The number of amides is 2. The highest BCUT2D eigenvalue weighted by atomic mass is 19.1. The largest absolute Gasteiger partial charge is 0.443 e. The maximum Gasteiger partial charge on any atom is 0.416 e. The van der Waals surface area contributed by atoms with Crippen LogP contribution in [0.4, 0.5) is 15.0 Å². The van der Waals surface area contributed by atoms with Crippen LogP contribution in [0.2, 0.25) is 0 Å². The first-order chi connectivity index (χ1) is 18.7. The summed E-state index contributed by atoms with van der Waals surface area (Å²) in [7, 11) is 0. The van der Waals surface area contributed by atoms with Crippen LogP contribution in [0.5, 0.6) is 0 Å². The molecule has 1 N–H and O–H groups in total. The minimum absolute atomic E-state index is 0.0704. The maximum atomic E-state index is 14.5. The third-order valence-electron chi connectivity index (χ3n) is 7.39. The predicted molar refractivity (Wildman–Crippen MR) is 146 cm³/mol. The fourth-order valence-electron chi connectivity index (χ4n) is 5.47. The molecule has 9 nitrogen and oxygen atoms in total. The molecule has 2 saturated heterocycles. The van der Waals surface area contributed by atoms with Gasteiger partial charge in [0.05, 0.1) is 6.04 Å². The van der Waals surface area contributed by atoms with E-state index in [1.807, 2.05) is 20.8 Å². The Morgan fingerprint density at radius 1 is 1.15 bits per heavy atom. The van der Waals surface area contributed by atoms with E-state index >= 15 is 0 Å². The van der Waals surface area contributed by atoms with Crippen LogP contribution in [0, 0.1) is 5.92 Å². The quantitative estimate of drug-likeness (QED) is 0.346. The molecule has 10 heteroatoms. The SMILES string of the molecule is CC(C)(C)OC(=O)N(c1ccc(C=C(F)C(=O)NOC2CCCCO2)cn1)[C@@H]1CCN(CC2CCCCC2)C1. The molecule has 216 valence electrons. The average Bonchev–Trinajstić information content (AvgIpc) is 3.36. The van der Waals surface area contributed by atoms with E-state index in [1.165, 1.54) is 38.3 Å². The molecular weight excluding hydrogens is 503 g/mol. The van der Waals surface area contributed by atoms with Crippen molar-refractivity contribution in [2.45, 2.75) is 96.5 Å². The lowest BCUT2D eigenvalue weighted by molar-refractivity contribution is -0.199. The van der Waals surface area contributed by atoms with Crippen molar-refractivity contribution in [2.24, 2.45) is 5.92 Å². The smallest absolute Gasteiger partial charge is 0.416 e. The van der Waals surface area contributed by atoms with Gasteiger partial charge in [0.1, 0.15) is 11.4 Å². The summed E-state index contributed by atoms with van der Waals surface area (Å²) in [6, 6.07) is 3.22. The summed E-state index contributed by atoms with van der Waals surface area (Å²) < 4.78 is 25.6. The topological polar surface area (TPSA) is 93.2 Å². The number of halogens is 1. The number of hydroxylamine groups is 1. The third kappa shape index (κ3) is 8.98. The molecule has 1 saturated carbocycles. The Morgan fingerprint density at radius 2 is 1.92 bits per heavy atom. The molecule has 3 heterocycles. The van der Waals surface area contributed by atoms with E-state index in [-0.39, 0.29) is 6.04 Å². The zero-order valence-electron chi connectivity index (χ0n) is 23.5. The van der Waals surface area contributed by atoms with Gasteiger partial charge in [0, 0.05) is 38.9 Å². The van der Waals surface area contributed by atoms with Crippen LogP contribution in [0.3, 0.4) is 0 Å². The van der Waals surface area contributed by atoms with Crippen molar-refractivity contribution in [1.29, 1.82) is 0 Å². The Morgan fingerprint density at radius 3 is 2.59 bits per heavy atom. The third-order valence-corrected chi connectivity index (χ3v) is 7.39. The summed E-state index contributed by atoms with van der Waals surface area (Å²) in [5, 5.41) is 0. The van der Waals surface area contributed by atoms with Crippen molar-refractivity contribution in [3.05, 3.63) is 29.7 Å². The van der Waals surface area contributed by atoms with Gasteiger partial charge in [0.25, 0.3) is 0 Å². The van der Waals surface area contributed by atoms with Gasteiger partial charge < -0.3 is 14.4 Å². The van der Waals surface area contributed by atoms with Gasteiger partial charge in [-0.05, 0) is 82.6 Å². The number of pyridine rings is 1. The normalized spacial score (nSPS) is 23.4. The first-order valence-corrected chi connectivity index (χ1v) is 14.3. The first-order valence-electron chi connectivity index (χ1n) is 14.3. The average molecular weight is 547 g/mol. The Bertz CT molecular complexity index is 984. The van der Waals surface area contributed by atoms with Gasteiger partial charge in [0.15, 0.2) is 12.1 Å². The number of nitrogens with one attached hydrogen (secondary N) is 1. The second-order valence-electron chi connectivity index (χ2n) is 11.8. The molecule has 1 aromatic heterocycles. The second-order valence-corrected chi connectivity index (χ2v) is 11.8. The zero-order chi connectivity index (χ0) is 27.8. The van der Waals surface area contributed by atoms with Crippen LogP contribution in [0.1, 0.15) is 84.1 Å². The highest BCUT2D eigenvalue weighted by Gasteiger charge is 2.36. The van der Waals surface area contributed by atoms with Crippen LogP contribution in [-0.2, 0) is 19.1 Å². The van der Waals surface area contributed by atoms with Crippen LogP contribution >= 0.6 is 0 Å². The Labute approximate surface area is 231 Å². The van der Waals surface area contributed by atoms with E-state index < -0.39 is 29.7 Å². The van der Waals surface area contributed by atoms with Crippen LogP contribution < -0.4 is 10.4 Å². The van der Waals surface area contributed by atoms with Gasteiger partial charge >= 0.3 is 12.0 Å². The van der Waals surface area contributed by atoms with Crippen molar-refractivity contribution in [3.63, 3.8) is 0 Å². The van der Waals surface area contributed by atoms with Gasteiger partial charge in [-0.2, -0.15) is 0 Å². The summed E-state index contributed by atoms with van der Waals surface area (Å²) in [6.07, 6.45) is 11.4. The van der Waals surface area contributed by atoms with Crippen molar-refractivity contribution >= 4 is 23.9 Å². The van der Waals surface area contributed by atoms with Gasteiger partial charge in [-0.25, -0.2) is 24.5 Å². The Kier molecular flexibility index (Phi) is 10.3. The molecule has 3 aliphatic rings. The number of ether oxygens (including phenoxy) is 2. The van der Waals surface area contributed by atoms with Crippen LogP contribution in [0.25, 0.3) is 6.08 Å². The summed E-state index contributed by atoms with van der Waals surface area (Å²) in [5.41, 5.74) is 1.84. The molecule has 4 rings (SSSR count). The van der Waals surface area contributed by atoms with Crippen molar-refractivity contribution in [1.82, 2.24) is 15.4 Å². The number of anilines is 1. The molecule has 0 radical (unpaired) electrons. The van der Waals surface area contributed by atoms with E-state index in [1.54, 1.807) is 17.0 Å².